The van der Waals surface area contributed by atoms with Gasteiger partial charge in [-0.25, -0.2) is 0 Å². The fraction of sp³-hybridized carbons (Fsp3) is 0.625. The van der Waals surface area contributed by atoms with Crippen LogP contribution < -0.4 is 10.6 Å². The summed E-state index contributed by atoms with van der Waals surface area (Å²) in [4.78, 5) is 4.79. The lowest BCUT2D eigenvalue weighted by atomic mass is 10.00. The van der Waals surface area contributed by atoms with E-state index in [1.807, 2.05) is 13.0 Å². The number of benzene rings is 1. The summed E-state index contributed by atoms with van der Waals surface area (Å²) in [5.74, 6) is 0. The van der Waals surface area contributed by atoms with Gasteiger partial charge in [-0.2, -0.15) is 0 Å². The monoisotopic (exact) mass is 295 g/mol. The highest BCUT2D eigenvalue weighted by Gasteiger charge is 2.22. The molecule has 1 aliphatic rings. The number of likely N-dealkylation sites (tertiary alicyclic amines) is 1. The van der Waals surface area contributed by atoms with Crippen LogP contribution in [-0.4, -0.2) is 44.2 Å². The van der Waals surface area contributed by atoms with E-state index in [-0.39, 0.29) is 6.04 Å². The second-order valence-electron chi connectivity index (χ2n) is 6.10. The molecule has 2 rings (SSSR count). The summed E-state index contributed by atoms with van der Waals surface area (Å²) in [6, 6.07) is 6.92. The van der Waals surface area contributed by atoms with Gasteiger partial charge in [0.2, 0.25) is 0 Å². The Kier molecular flexibility index (Phi) is 5.30. The molecule has 1 aliphatic heterocycles. The van der Waals surface area contributed by atoms with Crippen molar-refractivity contribution in [1.82, 2.24) is 4.90 Å². The minimum Gasteiger partial charge on any atom is -0.371 e. The maximum Gasteiger partial charge on any atom is 0.0426 e. The lowest BCUT2D eigenvalue weighted by Crippen LogP contribution is -2.42. The summed E-state index contributed by atoms with van der Waals surface area (Å²) in [5.41, 5.74) is 8.51. The fourth-order valence-electron chi connectivity index (χ4n) is 2.96. The average Bonchev–Trinajstić information content (AvgIpc) is 2.40. The highest BCUT2D eigenvalue weighted by atomic mass is 35.5. The molecule has 0 radical (unpaired) electrons. The van der Waals surface area contributed by atoms with Gasteiger partial charge in [0.15, 0.2) is 0 Å². The molecule has 1 saturated heterocycles. The molecule has 1 atom stereocenters. The summed E-state index contributed by atoms with van der Waals surface area (Å²) in [6.07, 6.45) is 3.30. The predicted octanol–water partition coefficient (Wildman–Crippen LogP) is 2.76. The topological polar surface area (TPSA) is 32.5 Å². The summed E-state index contributed by atoms with van der Waals surface area (Å²) in [6.45, 7) is 4.38. The number of rotatable bonds is 4. The van der Waals surface area contributed by atoms with Crippen molar-refractivity contribution in [2.75, 3.05) is 32.1 Å². The van der Waals surface area contributed by atoms with Gasteiger partial charge in [-0.05, 0) is 64.0 Å². The van der Waals surface area contributed by atoms with E-state index in [0.29, 0.717) is 6.04 Å². The molecular weight excluding hydrogens is 270 g/mol. The van der Waals surface area contributed by atoms with Crippen molar-refractivity contribution in [3.8, 4) is 0 Å². The van der Waals surface area contributed by atoms with E-state index < -0.39 is 0 Å². The van der Waals surface area contributed by atoms with E-state index >= 15 is 0 Å². The highest BCUT2D eigenvalue weighted by molar-refractivity contribution is 6.30. The number of hydrogen-bond acceptors (Lipinski definition) is 3. The van der Waals surface area contributed by atoms with E-state index in [1.165, 1.54) is 24.1 Å². The molecule has 1 aromatic rings. The van der Waals surface area contributed by atoms with Crippen LogP contribution in [0.15, 0.2) is 18.2 Å². The van der Waals surface area contributed by atoms with Gasteiger partial charge in [-0.15, -0.1) is 0 Å². The number of halogens is 1. The van der Waals surface area contributed by atoms with Gasteiger partial charge >= 0.3 is 0 Å². The zero-order valence-corrected chi connectivity index (χ0v) is 13.5. The Labute approximate surface area is 127 Å². The van der Waals surface area contributed by atoms with Crippen molar-refractivity contribution < 1.29 is 0 Å². The largest absolute Gasteiger partial charge is 0.371 e. The minimum absolute atomic E-state index is 0.167. The maximum atomic E-state index is 6.19. The van der Waals surface area contributed by atoms with Crippen molar-refractivity contribution in [1.29, 1.82) is 0 Å². The third-order valence-electron chi connectivity index (χ3n) is 4.21. The van der Waals surface area contributed by atoms with Crippen molar-refractivity contribution >= 4 is 17.3 Å². The number of nitrogens with two attached hydrogens (primary N) is 1. The van der Waals surface area contributed by atoms with Crippen molar-refractivity contribution in [2.45, 2.75) is 38.3 Å². The quantitative estimate of drug-likeness (QED) is 0.927. The zero-order chi connectivity index (χ0) is 14.7. The summed E-state index contributed by atoms with van der Waals surface area (Å²) < 4.78 is 0. The number of anilines is 1. The van der Waals surface area contributed by atoms with Crippen LogP contribution in [-0.2, 0) is 6.42 Å². The molecule has 0 bridgehead atoms. The standard InChI is InChI=1S/C16H26ClN3/c1-12(18)10-13-4-5-14(17)11-16(13)20(3)15-6-8-19(2)9-7-15/h4-5,11-12,15H,6-10,18H2,1-3H3. The van der Waals surface area contributed by atoms with E-state index in [0.717, 1.165) is 24.5 Å². The van der Waals surface area contributed by atoms with Crippen molar-refractivity contribution in [2.24, 2.45) is 5.73 Å². The molecule has 4 heteroatoms. The predicted molar refractivity (Wildman–Crippen MR) is 87.7 cm³/mol. The third kappa shape index (κ3) is 3.87. The highest BCUT2D eigenvalue weighted by Crippen LogP contribution is 2.29. The van der Waals surface area contributed by atoms with Crippen LogP contribution in [0.2, 0.25) is 5.02 Å². The Morgan fingerprint density at radius 2 is 2.05 bits per heavy atom. The van der Waals surface area contributed by atoms with Gasteiger partial charge in [0.05, 0.1) is 0 Å². The van der Waals surface area contributed by atoms with Crippen LogP contribution in [0.1, 0.15) is 25.3 Å². The molecule has 20 heavy (non-hydrogen) atoms. The fourth-order valence-corrected chi connectivity index (χ4v) is 3.13. The molecule has 1 aromatic carbocycles. The molecule has 1 heterocycles. The van der Waals surface area contributed by atoms with Crippen LogP contribution in [0, 0.1) is 0 Å². The number of hydrogen-bond donors (Lipinski definition) is 1. The molecule has 2 N–H and O–H groups in total. The molecule has 0 spiro atoms. The third-order valence-corrected chi connectivity index (χ3v) is 4.44. The van der Waals surface area contributed by atoms with Gasteiger partial charge in [-0.1, -0.05) is 17.7 Å². The lowest BCUT2D eigenvalue weighted by molar-refractivity contribution is 0.252. The summed E-state index contributed by atoms with van der Waals surface area (Å²) in [7, 11) is 4.38. The molecule has 112 valence electrons. The normalized spacial score (nSPS) is 19.1. The van der Waals surface area contributed by atoms with Crippen LogP contribution in [0.25, 0.3) is 0 Å². The molecule has 1 unspecified atom stereocenters. The Bertz CT molecular complexity index is 439. The van der Waals surface area contributed by atoms with Crippen LogP contribution in [0.4, 0.5) is 5.69 Å². The van der Waals surface area contributed by atoms with Gasteiger partial charge < -0.3 is 15.5 Å². The number of nitrogens with zero attached hydrogens (tertiary/aromatic N) is 2. The summed E-state index contributed by atoms with van der Waals surface area (Å²) in [5, 5.41) is 0.799. The van der Waals surface area contributed by atoms with Crippen LogP contribution >= 0.6 is 11.6 Å². The Balaban J connectivity index is 2.19. The minimum atomic E-state index is 0.167. The second-order valence-corrected chi connectivity index (χ2v) is 6.54. The summed E-state index contributed by atoms with van der Waals surface area (Å²) >= 11 is 6.19. The molecular formula is C16H26ClN3. The first kappa shape index (κ1) is 15.6. The smallest absolute Gasteiger partial charge is 0.0426 e. The SMILES string of the molecule is CC(N)Cc1ccc(Cl)cc1N(C)C1CCN(C)CC1. The molecule has 3 nitrogen and oxygen atoms in total. The molecule has 0 saturated carbocycles. The first-order valence-corrected chi connectivity index (χ1v) is 7.80. The van der Waals surface area contributed by atoms with Gasteiger partial charge in [0, 0.05) is 29.8 Å². The zero-order valence-electron chi connectivity index (χ0n) is 12.8. The first-order valence-electron chi connectivity index (χ1n) is 7.42. The molecule has 0 aliphatic carbocycles. The van der Waals surface area contributed by atoms with Gasteiger partial charge in [-0.3, -0.25) is 0 Å². The average molecular weight is 296 g/mol. The van der Waals surface area contributed by atoms with Crippen molar-refractivity contribution in [3.05, 3.63) is 28.8 Å². The molecule has 0 aromatic heterocycles. The van der Waals surface area contributed by atoms with Crippen LogP contribution in [0.3, 0.4) is 0 Å². The van der Waals surface area contributed by atoms with Crippen molar-refractivity contribution in [3.63, 3.8) is 0 Å². The van der Waals surface area contributed by atoms with E-state index in [9.17, 15) is 0 Å². The second kappa shape index (κ2) is 6.79. The van der Waals surface area contributed by atoms with Crippen LogP contribution in [0.5, 0.6) is 0 Å². The number of piperidine rings is 1. The van der Waals surface area contributed by atoms with Gasteiger partial charge in [0.1, 0.15) is 0 Å². The lowest BCUT2D eigenvalue weighted by Gasteiger charge is -2.37. The first-order chi connectivity index (χ1) is 9.47. The Morgan fingerprint density at radius 1 is 1.40 bits per heavy atom. The molecule has 0 amide bonds. The Hall–Kier alpha value is -0.770. The Morgan fingerprint density at radius 3 is 2.65 bits per heavy atom. The van der Waals surface area contributed by atoms with Gasteiger partial charge in [0.25, 0.3) is 0 Å². The van der Waals surface area contributed by atoms with E-state index in [4.69, 9.17) is 17.3 Å². The van der Waals surface area contributed by atoms with E-state index in [1.54, 1.807) is 0 Å². The molecule has 1 fully saturated rings. The van der Waals surface area contributed by atoms with E-state index in [2.05, 4.69) is 36.0 Å². The maximum absolute atomic E-state index is 6.19.